The van der Waals surface area contributed by atoms with Gasteiger partial charge in [0.1, 0.15) is 0 Å². The molecule has 3 heterocycles. The summed E-state index contributed by atoms with van der Waals surface area (Å²) in [6.45, 7) is 0. The van der Waals surface area contributed by atoms with Crippen LogP contribution in [0.5, 0.6) is 0 Å². The van der Waals surface area contributed by atoms with Crippen LogP contribution < -0.4 is 5.56 Å². The number of aromatic nitrogens is 2. The molecule has 5 aliphatic rings. The number of nitrogens with zero attached hydrogens (tertiary/aromatic N) is 3. The third-order valence-electron chi connectivity index (χ3n) is 9.78. The molecule has 2 bridgehead atoms. The molecule has 6 nitrogen and oxygen atoms in total. The Morgan fingerprint density at radius 1 is 0.875 bits per heavy atom. The average molecular weight is 434 g/mol. The van der Waals surface area contributed by atoms with Gasteiger partial charge in [-0.05, 0) is 87.2 Å². The maximum Gasteiger partial charge on any atom is 0.360 e. The van der Waals surface area contributed by atoms with Crippen molar-refractivity contribution in [2.75, 3.05) is 0 Å². The number of carboxylic acids is 1. The number of benzene rings is 1. The van der Waals surface area contributed by atoms with Crippen molar-refractivity contribution in [2.24, 2.45) is 23.7 Å². The molecule has 2 aliphatic heterocycles. The molecule has 7 rings (SSSR count). The molecule has 1 aromatic carbocycles. The number of para-hydroxylation sites is 2. The topological polar surface area (TPSA) is 75.4 Å². The van der Waals surface area contributed by atoms with Gasteiger partial charge in [0.2, 0.25) is 5.69 Å². The second-order valence-corrected chi connectivity index (χ2v) is 11.2. The van der Waals surface area contributed by atoms with Crippen LogP contribution in [0.2, 0.25) is 0 Å². The molecule has 168 valence electrons. The van der Waals surface area contributed by atoms with Gasteiger partial charge in [0.05, 0.1) is 11.0 Å². The lowest BCUT2D eigenvalue weighted by Gasteiger charge is -2.66. The Labute approximate surface area is 187 Å². The molecule has 1 aromatic heterocycles. The molecule has 8 atom stereocenters. The van der Waals surface area contributed by atoms with Gasteiger partial charge < -0.3 is 9.67 Å². The van der Waals surface area contributed by atoms with Crippen molar-refractivity contribution < 1.29 is 9.90 Å². The van der Waals surface area contributed by atoms with Crippen molar-refractivity contribution in [3.05, 3.63) is 40.3 Å². The van der Waals surface area contributed by atoms with E-state index in [9.17, 15) is 14.7 Å². The summed E-state index contributed by atoms with van der Waals surface area (Å²) in [4.78, 5) is 32.1. The molecule has 2 aromatic rings. The summed E-state index contributed by atoms with van der Waals surface area (Å²) in [7, 11) is 0. The highest BCUT2D eigenvalue weighted by Crippen LogP contribution is 2.64. The maximum atomic E-state index is 13.3. The highest BCUT2D eigenvalue weighted by Gasteiger charge is 2.58. The van der Waals surface area contributed by atoms with Gasteiger partial charge in [0.15, 0.2) is 0 Å². The van der Waals surface area contributed by atoms with E-state index in [4.69, 9.17) is 0 Å². The number of piperidine rings is 2. The lowest BCUT2D eigenvalue weighted by molar-refractivity contribution is -0.159. The number of hydrogen-bond donors (Lipinski definition) is 1. The fourth-order valence-electron chi connectivity index (χ4n) is 8.66. The zero-order valence-corrected chi connectivity index (χ0v) is 18.4. The van der Waals surface area contributed by atoms with Gasteiger partial charge in [-0.1, -0.05) is 18.6 Å². The standard InChI is InChI=1S/C26H31N3O3/c30-25-24(26(31)32)27-21-6-1-2-7-22(21)29(25)20-12-17-4-3-5-18(13-20)28(17)19-10-15-8-14-9-16(11-19)23(14)15/h1-2,6-7,14-20,23H,3-5,8-13H2,(H,31,32)/t14?,15-,16+,17-,18+,19?,20?,23?. The number of hydrogen-bond acceptors (Lipinski definition) is 4. The summed E-state index contributed by atoms with van der Waals surface area (Å²) in [5.74, 6) is 2.83. The molecular formula is C26H31N3O3. The van der Waals surface area contributed by atoms with Crippen molar-refractivity contribution in [1.29, 1.82) is 0 Å². The number of carbonyl (C=O) groups is 1. The molecule has 0 radical (unpaired) electrons. The van der Waals surface area contributed by atoms with Crippen LogP contribution in [0.1, 0.15) is 74.3 Å². The van der Waals surface area contributed by atoms with Gasteiger partial charge in [-0.3, -0.25) is 9.69 Å². The molecule has 1 N–H and O–H groups in total. The van der Waals surface area contributed by atoms with Gasteiger partial charge in [-0.15, -0.1) is 0 Å². The van der Waals surface area contributed by atoms with Crippen molar-refractivity contribution in [2.45, 2.75) is 82.0 Å². The second kappa shape index (κ2) is 6.89. The Kier molecular flexibility index (Phi) is 4.15. The van der Waals surface area contributed by atoms with Crippen LogP contribution in [0, 0.1) is 23.7 Å². The Morgan fingerprint density at radius 2 is 1.53 bits per heavy atom. The molecule has 5 fully saturated rings. The molecule has 0 spiro atoms. The smallest absolute Gasteiger partial charge is 0.360 e. The van der Waals surface area contributed by atoms with Crippen LogP contribution in [0.3, 0.4) is 0 Å². The fraction of sp³-hybridized carbons (Fsp3) is 0.654. The van der Waals surface area contributed by atoms with Crippen LogP contribution in [-0.4, -0.2) is 43.7 Å². The normalized spacial score (nSPS) is 40.2. The van der Waals surface area contributed by atoms with Crippen LogP contribution in [0.4, 0.5) is 0 Å². The first-order chi connectivity index (χ1) is 15.6. The van der Waals surface area contributed by atoms with Gasteiger partial charge in [-0.25, -0.2) is 9.78 Å². The van der Waals surface area contributed by atoms with Gasteiger partial charge in [0, 0.05) is 24.2 Å². The quantitative estimate of drug-likeness (QED) is 0.789. The van der Waals surface area contributed by atoms with E-state index in [0.29, 0.717) is 17.6 Å². The summed E-state index contributed by atoms with van der Waals surface area (Å²) in [5.41, 5.74) is 0.580. The molecule has 0 amide bonds. The monoisotopic (exact) mass is 433 g/mol. The van der Waals surface area contributed by atoms with E-state index >= 15 is 0 Å². The summed E-state index contributed by atoms with van der Waals surface area (Å²) < 4.78 is 1.79. The number of rotatable bonds is 3. The third kappa shape index (κ3) is 2.65. The van der Waals surface area contributed by atoms with E-state index in [1.165, 1.54) is 44.9 Å². The molecular weight excluding hydrogens is 402 g/mol. The van der Waals surface area contributed by atoms with Crippen molar-refractivity contribution in [3.63, 3.8) is 0 Å². The first-order valence-corrected chi connectivity index (χ1v) is 12.6. The predicted octanol–water partition coefficient (Wildman–Crippen LogP) is 4.09. The summed E-state index contributed by atoms with van der Waals surface area (Å²) in [6.07, 6.45) is 11.3. The highest BCUT2D eigenvalue weighted by atomic mass is 16.4. The zero-order chi connectivity index (χ0) is 21.6. The van der Waals surface area contributed by atoms with Crippen molar-refractivity contribution in [1.82, 2.24) is 14.5 Å². The minimum Gasteiger partial charge on any atom is -0.476 e. The number of fused-ring (bicyclic) bond motifs is 3. The van der Waals surface area contributed by atoms with Crippen molar-refractivity contribution >= 4 is 17.0 Å². The zero-order valence-electron chi connectivity index (χ0n) is 18.4. The Hall–Kier alpha value is -2.21. The van der Waals surface area contributed by atoms with Crippen LogP contribution >= 0.6 is 0 Å². The van der Waals surface area contributed by atoms with Crippen LogP contribution in [0.15, 0.2) is 29.1 Å². The predicted molar refractivity (Wildman–Crippen MR) is 121 cm³/mol. The molecule has 4 unspecified atom stereocenters. The van der Waals surface area contributed by atoms with E-state index in [1.54, 1.807) is 4.57 Å². The number of aromatic carboxylic acids is 1. The summed E-state index contributed by atoms with van der Waals surface area (Å²) in [6, 6.07) is 9.30. The van der Waals surface area contributed by atoms with Gasteiger partial charge in [0.25, 0.3) is 5.56 Å². The Bertz CT molecular complexity index is 1130. The van der Waals surface area contributed by atoms with Gasteiger partial charge in [-0.2, -0.15) is 0 Å². The molecule has 3 aliphatic carbocycles. The van der Waals surface area contributed by atoms with Crippen LogP contribution in [-0.2, 0) is 0 Å². The lowest BCUT2D eigenvalue weighted by Crippen LogP contribution is -2.63. The van der Waals surface area contributed by atoms with Crippen molar-refractivity contribution in [3.8, 4) is 0 Å². The molecule has 3 saturated carbocycles. The minimum absolute atomic E-state index is 0.0492. The Morgan fingerprint density at radius 3 is 2.19 bits per heavy atom. The average Bonchev–Trinajstić information content (AvgIpc) is 2.73. The minimum atomic E-state index is -1.23. The number of carboxylic acid groups (broad SMARTS) is 1. The van der Waals surface area contributed by atoms with E-state index in [0.717, 1.165) is 48.1 Å². The molecule has 6 heteroatoms. The van der Waals surface area contributed by atoms with E-state index in [1.807, 2.05) is 24.3 Å². The first-order valence-electron chi connectivity index (χ1n) is 12.6. The first kappa shape index (κ1) is 19.3. The maximum absolute atomic E-state index is 13.3. The third-order valence-corrected chi connectivity index (χ3v) is 9.78. The Balaban J connectivity index is 1.23. The van der Waals surface area contributed by atoms with E-state index in [2.05, 4.69) is 9.88 Å². The van der Waals surface area contributed by atoms with Gasteiger partial charge >= 0.3 is 5.97 Å². The second-order valence-electron chi connectivity index (χ2n) is 11.2. The molecule has 32 heavy (non-hydrogen) atoms. The fourth-order valence-corrected chi connectivity index (χ4v) is 8.66. The van der Waals surface area contributed by atoms with Crippen LogP contribution in [0.25, 0.3) is 11.0 Å². The SMILES string of the molecule is O=C(O)c1nc2ccccc2n(C2C[C@H]3CCC[C@@H](C2)N3C2C[C@H]3CC4C[C@@H](C2)C43)c1=O. The van der Waals surface area contributed by atoms with E-state index in [-0.39, 0.29) is 11.7 Å². The lowest BCUT2D eigenvalue weighted by atomic mass is 9.43. The van der Waals surface area contributed by atoms with E-state index < -0.39 is 11.5 Å². The summed E-state index contributed by atoms with van der Waals surface area (Å²) >= 11 is 0. The molecule has 2 saturated heterocycles. The largest absolute Gasteiger partial charge is 0.476 e. The highest BCUT2D eigenvalue weighted by molar-refractivity contribution is 5.88. The summed E-state index contributed by atoms with van der Waals surface area (Å²) in [5, 5.41) is 9.62.